The van der Waals surface area contributed by atoms with E-state index in [4.69, 9.17) is 9.72 Å². The Hall–Kier alpha value is -1.93. The number of fused-ring (bicyclic) bond motifs is 1. The molecule has 1 saturated carbocycles. The highest BCUT2D eigenvalue weighted by molar-refractivity contribution is 9.08. The molecule has 1 aromatic carbocycles. The molecule has 5 rings (SSSR count). The predicted octanol–water partition coefficient (Wildman–Crippen LogP) is 5.98. The zero-order chi connectivity index (χ0) is 26.3. The summed E-state index contributed by atoms with van der Waals surface area (Å²) in [7, 11) is 1.74. The monoisotopic (exact) mass is 568 g/mol. The number of aliphatic hydroxyl groups excluding tert-OH is 1. The van der Waals surface area contributed by atoms with Crippen LogP contribution in [0.1, 0.15) is 63.5 Å². The SMILES string of the molecule is CCc1ccc2c(c1)c(CC(C)(C)CO)c(-c1cc(N3CCN(C4CC4)CC3)cnc1[C@H](C)OC)n2Br. The van der Waals surface area contributed by atoms with E-state index in [-0.39, 0.29) is 18.1 Å². The fraction of sp³-hybridized carbons (Fsp3) is 0.567. The molecule has 0 radical (unpaired) electrons. The molecule has 0 bridgehead atoms. The van der Waals surface area contributed by atoms with Crippen molar-refractivity contribution in [1.82, 2.24) is 13.5 Å². The van der Waals surface area contributed by atoms with Crippen molar-refractivity contribution in [2.75, 3.05) is 44.8 Å². The number of pyridine rings is 1. The van der Waals surface area contributed by atoms with Crippen molar-refractivity contribution >= 4 is 32.7 Å². The number of piperazine rings is 1. The van der Waals surface area contributed by atoms with Gasteiger partial charge in [-0.05, 0) is 67.3 Å². The highest BCUT2D eigenvalue weighted by Gasteiger charge is 2.32. The first kappa shape index (κ1) is 26.7. The number of aromatic nitrogens is 2. The molecule has 37 heavy (non-hydrogen) atoms. The summed E-state index contributed by atoms with van der Waals surface area (Å²) in [6.07, 6.45) is 6.33. The van der Waals surface area contributed by atoms with Crippen LogP contribution in [-0.2, 0) is 17.6 Å². The number of hydrogen-bond donors (Lipinski definition) is 1. The van der Waals surface area contributed by atoms with Gasteiger partial charge in [-0.1, -0.05) is 26.8 Å². The molecule has 0 amide bonds. The fourth-order valence-electron chi connectivity index (χ4n) is 5.61. The fourth-order valence-corrected chi connectivity index (χ4v) is 6.33. The van der Waals surface area contributed by atoms with Gasteiger partial charge in [-0.3, -0.25) is 13.5 Å². The summed E-state index contributed by atoms with van der Waals surface area (Å²) < 4.78 is 7.94. The van der Waals surface area contributed by atoms with Crippen LogP contribution >= 0.6 is 16.1 Å². The highest BCUT2D eigenvalue weighted by Crippen LogP contribution is 2.42. The van der Waals surface area contributed by atoms with E-state index in [1.54, 1.807) is 7.11 Å². The summed E-state index contributed by atoms with van der Waals surface area (Å²) >= 11 is 3.94. The van der Waals surface area contributed by atoms with Gasteiger partial charge in [-0.15, -0.1) is 0 Å². The number of halogens is 1. The molecule has 1 aliphatic heterocycles. The molecule has 3 heterocycles. The van der Waals surface area contributed by atoms with Gasteiger partial charge in [0.15, 0.2) is 0 Å². The first-order chi connectivity index (χ1) is 17.8. The second-order valence-corrected chi connectivity index (χ2v) is 12.3. The maximum Gasteiger partial charge on any atom is 0.0969 e. The lowest BCUT2D eigenvalue weighted by Gasteiger charge is -2.36. The van der Waals surface area contributed by atoms with Crippen LogP contribution < -0.4 is 4.90 Å². The predicted molar refractivity (Wildman–Crippen MR) is 156 cm³/mol. The number of aliphatic hydroxyl groups is 1. The lowest BCUT2D eigenvalue weighted by molar-refractivity contribution is 0.116. The van der Waals surface area contributed by atoms with Gasteiger partial charge in [0.05, 0.1) is 51.0 Å². The first-order valence-corrected chi connectivity index (χ1v) is 14.4. The number of nitrogens with zero attached hydrogens (tertiary/aromatic N) is 4. The van der Waals surface area contributed by atoms with Crippen LogP contribution in [-0.4, -0.2) is 64.5 Å². The van der Waals surface area contributed by atoms with Crippen LogP contribution in [0.15, 0.2) is 30.5 Å². The Bertz CT molecular complexity index is 1260. The average Bonchev–Trinajstić information content (AvgIpc) is 3.74. The molecule has 2 aromatic heterocycles. The van der Waals surface area contributed by atoms with E-state index in [1.165, 1.54) is 29.4 Å². The largest absolute Gasteiger partial charge is 0.396 e. The van der Waals surface area contributed by atoms with E-state index in [0.29, 0.717) is 0 Å². The number of ether oxygens (including phenoxy) is 1. The minimum Gasteiger partial charge on any atom is -0.396 e. The topological polar surface area (TPSA) is 53.8 Å². The summed E-state index contributed by atoms with van der Waals surface area (Å²) in [6.45, 7) is 12.9. The maximum atomic E-state index is 10.2. The number of rotatable bonds is 9. The van der Waals surface area contributed by atoms with Crippen molar-refractivity contribution in [3.05, 3.63) is 47.3 Å². The van der Waals surface area contributed by atoms with Gasteiger partial charge in [0, 0.05) is 56.9 Å². The molecule has 0 unspecified atom stereocenters. The quantitative estimate of drug-likeness (QED) is 0.344. The number of anilines is 1. The molecule has 6 nitrogen and oxygen atoms in total. The summed E-state index contributed by atoms with van der Waals surface area (Å²) in [4.78, 5) is 10.1. The third-order valence-electron chi connectivity index (χ3n) is 8.21. The Morgan fingerprint density at radius 3 is 2.51 bits per heavy atom. The summed E-state index contributed by atoms with van der Waals surface area (Å²) in [6, 6.07) is 9.85. The smallest absolute Gasteiger partial charge is 0.0969 e. The molecule has 2 aliphatic rings. The lowest BCUT2D eigenvalue weighted by Crippen LogP contribution is -2.47. The maximum absolute atomic E-state index is 10.2. The van der Waals surface area contributed by atoms with E-state index in [9.17, 15) is 5.11 Å². The number of methoxy groups -OCH3 is 1. The molecule has 7 heteroatoms. The van der Waals surface area contributed by atoms with E-state index in [1.807, 2.05) is 6.20 Å². The average molecular weight is 570 g/mol. The van der Waals surface area contributed by atoms with Crippen molar-refractivity contribution in [3.63, 3.8) is 0 Å². The van der Waals surface area contributed by atoms with Gasteiger partial charge in [-0.2, -0.15) is 0 Å². The van der Waals surface area contributed by atoms with Crippen LogP contribution in [0.5, 0.6) is 0 Å². The Morgan fingerprint density at radius 1 is 1.16 bits per heavy atom. The Labute approximate surface area is 230 Å². The molecular formula is C30H41BrN4O2. The number of aryl methyl sites for hydroxylation is 1. The standard InChI is InChI=1S/C30H41BrN4O2/c1-6-21-7-10-27-24(15-21)26(17-30(3,4)19-36)29(35(27)31)25-16-23(18-32-28(25)20(2)37-5)34-13-11-33(12-14-34)22-8-9-22/h7,10,15-16,18,20,22,36H,6,8-9,11-14,17,19H2,1-5H3/t20-/m0/s1. The molecule has 1 atom stereocenters. The zero-order valence-electron chi connectivity index (χ0n) is 22.9. The molecule has 1 saturated heterocycles. The molecule has 0 spiro atoms. The van der Waals surface area contributed by atoms with Crippen LogP contribution in [0.25, 0.3) is 22.2 Å². The van der Waals surface area contributed by atoms with E-state index in [0.717, 1.165) is 73.2 Å². The molecule has 1 aliphatic carbocycles. The summed E-state index contributed by atoms with van der Waals surface area (Å²) in [5.74, 6) is 0. The Morgan fingerprint density at radius 2 is 1.89 bits per heavy atom. The van der Waals surface area contributed by atoms with Gasteiger partial charge < -0.3 is 14.7 Å². The Balaban J connectivity index is 1.65. The zero-order valence-corrected chi connectivity index (χ0v) is 24.5. The molecule has 3 aromatic rings. The number of benzene rings is 1. The van der Waals surface area contributed by atoms with Gasteiger partial charge in [-0.25, -0.2) is 0 Å². The Kier molecular flexibility index (Phi) is 7.70. The van der Waals surface area contributed by atoms with Crippen molar-refractivity contribution < 1.29 is 9.84 Å². The summed E-state index contributed by atoms with van der Waals surface area (Å²) in [5, 5.41) is 11.4. The van der Waals surface area contributed by atoms with Crippen LogP contribution in [0.2, 0.25) is 0 Å². The summed E-state index contributed by atoms with van der Waals surface area (Å²) in [5.41, 5.74) is 7.72. The van der Waals surface area contributed by atoms with Crippen molar-refractivity contribution in [2.24, 2.45) is 5.41 Å². The van der Waals surface area contributed by atoms with E-state index in [2.05, 4.69) is 81.5 Å². The van der Waals surface area contributed by atoms with Crippen molar-refractivity contribution in [2.45, 2.75) is 65.5 Å². The van der Waals surface area contributed by atoms with Gasteiger partial charge >= 0.3 is 0 Å². The third kappa shape index (κ3) is 5.33. The molecular weight excluding hydrogens is 528 g/mol. The van der Waals surface area contributed by atoms with Gasteiger partial charge in [0.25, 0.3) is 0 Å². The highest BCUT2D eigenvalue weighted by atomic mass is 79.9. The van der Waals surface area contributed by atoms with Crippen molar-refractivity contribution in [3.8, 4) is 11.3 Å². The first-order valence-electron chi connectivity index (χ1n) is 13.7. The second-order valence-electron chi connectivity index (χ2n) is 11.6. The third-order valence-corrected chi connectivity index (χ3v) is 8.95. The van der Waals surface area contributed by atoms with E-state index >= 15 is 0 Å². The normalized spacial score (nSPS) is 18.1. The van der Waals surface area contributed by atoms with Gasteiger partial charge in [0.1, 0.15) is 0 Å². The van der Waals surface area contributed by atoms with Crippen molar-refractivity contribution in [1.29, 1.82) is 0 Å². The van der Waals surface area contributed by atoms with Gasteiger partial charge in [0.2, 0.25) is 0 Å². The second kappa shape index (κ2) is 10.7. The minimum absolute atomic E-state index is 0.125. The van der Waals surface area contributed by atoms with Crippen LogP contribution in [0, 0.1) is 5.41 Å². The van der Waals surface area contributed by atoms with Crippen LogP contribution in [0.4, 0.5) is 5.69 Å². The minimum atomic E-state index is -0.254. The van der Waals surface area contributed by atoms with E-state index < -0.39 is 0 Å². The number of hydrogen-bond acceptors (Lipinski definition) is 5. The molecule has 2 fully saturated rings. The molecule has 1 N–H and O–H groups in total. The lowest BCUT2D eigenvalue weighted by atomic mass is 9.84. The molecule has 200 valence electrons. The van der Waals surface area contributed by atoms with Crippen LogP contribution in [0.3, 0.4) is 0 Å².